The molecule has 2 atom stereocenters. The molecule has 1 fully saturated rings. The zero-order valence-electron chi connectivity index (χ0n) is 12.9. The number of carbonyl (C=O) groups is 2. The first-order valence-corrected chi connectivity index (χ1v) is 7.71. The number of hydrogen-bond donors (Lipinski definition) is 1. The summed E-state index contributed by atoms with van der Waals surface area (Å²) in [6.45, 7) is 6.49. The first kappa shape index (κ1) is 15.2. The number of likely N-dealkylation sites (tertiary alicyclic amines) is 1. The molecule has 0 unspecified atom stereocenters. The minimum absolute atomic E-state index is 0.0546. The van der Waals surface area contributed by atoms with Gasteiger partial charge in [0, 0.05) is 19.0 Å². The first-order valence-electron chi connectivity index (χ1n) is 7.33. The highest BCUT2D eigenvalue weighted by Gasteiger charge is 2.43. The van der Waals surface area contributed by atoms with E-state index in [9.17, 15) is 9.59 Å². The lowest BCUT2D eigenvalue weighted by Gasteiger charge is -2.28. The molecule has 0 bridgehead atoms. The van der Waals surface area contributed by atoms with Crippen molar-refractivity contribution in [3.05, 3.63) is 34.3 Å². The predicted molar refractivity (Wildman–Crippen MR) is 83.3 cm³/mol. The maximum atomic E-state index is 12.2. The number of nitrogens with one attached hydrogen (secondary N) is 1. The Bertz CT molecular complexity index is 639. The fourth-order valence-electron chi connectivity index (χ4n) is 3.07. The summed E-state index contributed by atoms with van der Waals surface area (Å²) >= 11 is 6.15. The number of benzene rings is 1. The van der Waals surface area contributed by atoms with Crippen molar-refractivity contribution in [2.45, 2.75) is 38.3 Å². The maximum absolute atomic E-state index is 12.2. The van der Waals surface area contributed by atoms with E-state index in [1.807, 2.05) is 32.9 Å². The molecule has 0 aromatic heterocycles. The molecule has 22 heavy (non-hydrogen) atoms. The van der Waals surface area contributed by atoms with Crippen LogP contribution in [0, 0.1) is 0 Å². The summed E-state index contributed by atoms with van der Waals surface area (Å²) in [7, 11) is 0. The standard InChI is InChI=1S/C16H19ClN2O3/c1-16(2,3)22-15(21)19-7-10-9-5-4-6-11(17)13(9)14(20)18-12(10)8-19/h4-6,10,12H,7-8H2,1-3H3,(H,18,20)/t10-,12+/m0/s1. The Balaban J connectivity index is 1.85. The quantitative estimate of drug-likeness (QED) is 0.799. The summed E-state index contributed by atoms with van der Waals surface area (Å²) in [4.78, 5) is 26.1. The van der Waals surface area contributed by atoms with E-state index in [1.165, 1.54) is 0 Å². The smallest absolute Gasteiger partial charge is 0.410 e. The Kier molecular flexibility index (Phi) is 3.56. The number of hydrogen-bond acceptors (Lipinski definition) is 3. The molecule has 2 aliphatic rings. The lowest BCUT2D eigenvalue weighted by Crippen LogP contribution is -2.44. The van der Waals surface area contributed by atoms with Gasteiger partial charge >= 0.3 is 6.09 Å². The van der Waals surface area contributed by atoms with Crippen LogP contribution in [-0.4, -0.2) is 41.6 Å². The molecule has 118 valence electrons. The Labute approximate surface area is 134 Å². The first-order chi connectivity index (χ1) is 10.3. The van der Waals surface area contributed by atoms with E-state index >= 15 is 0 Å². The molecular weight excluding hydrogens is 304 g/mol. The van der Waals surface area contributed by atoms with Gasteiger partial charge in [0.05, 0.1) is 16.6 Å². The van der Waals surface area contributed by atoms with Gasteiger partial charge in [0.25, 0.3) is 5.91 Å². The van der Waals surface area contributed by atoms with Crippen molar-refractivity contribution >= 4 is 23.6 Å². The van der Waals surface area contributed by atoms with E-state index in [2.05, 4.69) is 5.32 Å². The van der Waals surface area contributed by atoms with Crippen molar-refractivity contribution in [1.29, 1.82) is 0 Å². The van der Waals surface area contributed by atoms with Crippen LogP contribution in [0.3, 0.4) is 0 Å². The topological polar surface area (TPSA) is 58.6 Å². The van der Waals surface area contributed by atoms with Gasteiger partial charge in [0.1, 0.15) is 5.60 Å². The van der Waals surface area contributed by atoms with Gasteiger partial charge < -0.3 is 15.0 Å². The minimum atomic E-state index is -0.532. The van der Waals surface area contributed by atoms with Crippen molar-refractivity contribution in [3.8, 4) is 0 Å². The normalized spacial score (nSPS) is 23.6. The van der Waals surface area contributed by atoms with Gasteiger partial charge in [0.2, 0.25) is 0 Å². The number of fused-ring (bicyclic) bond motifs is 3. The van der Waals surface area contributed by atoms with E-state index in [0.29, 0.717) is 23.7 Å². The van der Waals surface area contributed by atoms with Crippen molar-refractivity contribution in [1.82, 2.24) is 10.2 Å². The number of ether oxygens (including phenoxy) is 1. The van der Waals surface area contributed by atoms with Crippen molar-refractivity contribution < 1.29 is 14.3 Å². The molecule has 2 heterocycles. The van der Waals surface area contributed by atoms with Gasteiger partial charge in [-0.2, -0.15) is 0 Å². The Morgan fingerprint density at radius 1 is 1.36 bits per heavy atom. The fraction of sp³-hybridized carbons (Fsp3) is 0.500. The lowest BCUT2D eigenvalue weighted by molar-refractivity contribution is 0.0288. The van der Waals surface area contributed by atoms with Crippen LogP contribution in [0.25, 0.3) is 0 Å². The maximum Gasteiger partial charge on any atom is 0.410 e. The number of carbonyl (C=O) groups excluding carboxylic acids is 2. The predicted octanol–water partition coefficient (Wildman–Crippen LogP) is 2.79. The molecule has 6 heteroatoms. The van der Waals surface area contributed by atoms with Gasteiger partial charge in [-0.05, 0) is 32.4 Å². The summed E-state index contributed by atoms with van der Waals surface area (Å²) in [5, 5.41) is 3.40. The summed E-state index contributed by atoms with van der Waals surface area (Å²) in [6, 6.07) is 5.37. The largest absolute Gasteiger partial charge is 0.444 e. The number of rotatable bonds is 0. The third kappa shape index (κ3) is 2.65. The van der Waals surface area contributed by atoms with Gasteiger partial charge in [-0.25, -0.2) is 4.79 Å². The van der Waals surface area contributed by atoms with E-state index in [1.54, 1.807) is 11.0 Å². The number of halogens is 1. The highest BCUT2D eigenvalue weighted by molar-refractivity contribution is 6.34. The zero-order valence-corrected chi connectivity index (χ0v) is 13.6. The molecular formula is C16H19ClN2O3. The second-order valence-electron chi connectivity index (χ2n) is 6.78. The molecule has 0 saturated carbocycles. The highest BCUT2D eigenvalue weighted by Crippen LogP contribution is 2.36. The molecule has 1 N–H and O–H groups in total. The van der Waals surface area contributed by atoms with E-state index < -0.39 is 5.60 Å². The average Bonchev–Trinajstić information content (AvgIpc) is 2.81. The summed E-state index contributed by atoms with van der Waals surface area (Å²) < 4.78 is 5.41. The summed E-state index contributed by atoms with van der Waals surface area (Å²) in [5.41, 5.74) is 0.902. The second-order valence-corrected chi connectivity index (χ2v) is 7.18. The fourth-order valence-corrected chi connectivity index (χ4v) is 3.34. The molecule has 0 aliphatic carbocycles. The molecule has 0 radical (unpaired) electrons. The highest BCUT2D eigenvalue weighted by atomic mass is 35.5. The monoisotopic (exact) mass is 322 g/mol. The van der Waals surface area contributed by atoms with Gasteiger partial charge in [-0.15, -0.1) is 0 Å². The van der Waals surface area contributed by atoms with Gasteiger partial charge in [0.15, 0.2) is 0 Å². The van der Waals surface area contributed by atoms with Gasteiger partial charge in [-0.1, -0.05) is 23.7 Å². The van der Waals surface area contributed by atoms with Crippen LogP contribution in [0.5, 0.6) is 0 Å². The third-order valence-electron chi connectivity index (χ3n) is 3.96. The molecule has 1 aromatic rings. The second kappa shape index (κ2) is 5.16. The van der Waals surface area contributed by atoms with E-state index in [4.69, 9.17) is 16.3 Å². The Morgan fingerprint density at radius 3 is 2.77 bits per heavy atom. The van der Waals surface area contributed by atoms with Crippen LogP contribution in [-0.2, 0) is 4.74 Å². The van der Waals surface area contributed by atoms with Crippen LogP contribution in [0.4, 0.5) is 4.79 Å². The minimum Gasteiger partial charge on any atom is -0.444 e. The Morgan fingerprint density at radius 2 is 2.09 bits per heavy atom. The van der Waals surface area contributed by atoms with Gasteiger partial charge in [-0.3, -0.25) is 4.79 Å². The van der Waals surface area contributed by atoms with Crippen LogP contribution >= 0.6 is 11.6 Å². The van der Waals surface area contributed by atoms with Crippen LogP contribution in [0.2, 0.25) is 5.02 Å². The molecule has 2 aliphatic heterocycles. The van der Waals surface area contributed by atoms with Crippen LogP contribution < -0.4 is 5.32 Å². The average molecular weight is 323 g/mol. The summed E-state index contributed by atoms with van der Waals surface area (Å²) in [5.74, 6) is -0.119. The number of amides is 2. The summed E-state index contributed by atoms with van der Waals surface area (Å²) in [6.07, 6.45) is -0.347. The Hall–Kier alpha value is -1.75. The zero-order chi connectivity index (χ0) is 16.1. The van der Waals surface area contributed by atoms with Crippen LogP contribution in [0.15, 0.2) is 18.2 Å². The molecule has 0 spiro atoms. The van der Waals surface area contributed by atoms with Crippen LogP contribution in [0.1, 0.15) is 42.6 Å². The van der Waals surface area contributed by atoms with Crippen molar-refractivity contribution in [2.24, 2.45) is 0 Å². The molecule has 2 amide bonds. The van der Waals surface area contributed by atoms with Crippen molar-refractivity contribution in [2.75, 3.05) is 13.1 Å². The lowest BCUT2D eigenvalue weighted by atomic mass is 9.86. The third-order valence-corrected chi connectivity index (χ3v) is 4.28. The molecule has 1 saturated heterocycles. The van der Waals surface area contributed by atoms with E-state index in [0.717, 1.165) is 5.56 Å². The molecule has 3 rings (SSSR count). The van der Waals surface area contributed by atoms with Crippen molar-refractivity contribution in [3.63, 3.8) is 0 Å². The molecule has 5 nitrogen and oxygen atoms in total. The number of nitrogens with zero attached hydrogens (tertiary/aromatic N) is 1. The molecule has 1 aromatic carbocycles. The SMILES string of the molecule is CC(C)(C)OC(=O)N1C[C@H]2NC(=O)c3c(Cl)cccc3[C@@H]2C1. The van der Waals surface area contributed by atoms with E-state index in [-0.39, 0.29) is 24.0 Å².